The molecule has 1 aliphatic heterocycles. The second kappa shape index (κ2) is 15.4. The van der Waals surface area contributed by atoms with Crippen molar-refractivity contribution in [3.05, 3.63) is 0 Å². The average molecular weight is 672 g/mol. The van der Waals surface area contributed by atoms with Gasteiger partial charge in [0, 0.05) is 75.9 Å². The van der Waals surface area contributed by atoms with E-state index in [9.17, 15) is 9.59 Å². The van der Waals surface area contributed by atoms with E-state index in [1.165, 1.54) is 77.6 Å². The number of unbranched alkanes of at least 4 members (excludes halogenated alkanes) is 12. The number of methoxy groups -OCH3 is 3. The Hall–Kier alpha value is -1.51. The van der Waals surface area contributed by atoms with Crippen molar-refractivity contribution in [2.45, 2.75) is 166 Å². The molecule has 48 heavy (non-hydrogen) atoms. The maximum atomic E-state index is 13.9. The van der Waals surface area contributed by atoms with Gasteiger partial charge in [-0.1, -0.05) is 84.0 Å². The van der Waals surface area contributed by atoms with E-state index in [0.29, 0.717) is 25.4 Å². The lowest BCUT2D eigenvalue weighted by molar-refractivity contribution is -0.247. The number of esters is 2. The van der Waals surface area contributed by atoms with Crippen molar-refractivity contribution in [1.29, 1.82) is 0 Å². The Morgan fingerprint density at radius 2 is 1.52 bits per heavy atom. The molecule has 7 bridgehead atoms. The van der Waals surface area contributed by atoms with Crippen LogP contribution in [-0.2, 0) is 33.3 Å². The fourth-order valence-electron chi connectivity index (χ4n) is 12.6. The van der Waals surface area contributed by atoms with Crippen molar-refractivity contribution in [2.75, 3.05) is 27.9 Å². The molecule has 6 aliphatic rings. The van der Waals surface area contributed by atoms with Crippen molar-refractivity contribution in [2.24, 2.45) is 45.4 Å². The van der Waals surface area contributed by atoms with Gasteiger partial charge < -0.3 is 23.7 Å². The topological polar surface area (TPSA) is 92.7 Å². The summed E-state index contributed by atoms with van der Waals surface area (Å²) in [4.78, 5) is 32.0. The van der Waals surface area contributed by atoms with Crippen LogP contribution in [0.15, 0.2) is 4.99 Å². The lowest BCUT2D eigenvalue weighted by atomic mass is 9.44. The monoisotopic (exact) mass is 671 g/mol. The second-order valence-electron chi connectivity index (χ2n) is 16.6. The normalized spacial score (nSPS) is 41.4. The lowest BCUT2D eigenvalue weighted by Crippen LogP contribution is -2.71. The zero-order valence-electron chi connectivity index (χ0n) is 30.7. The van der Waals surface area contributed by atoms with Crippen molar-refractivity contribution < 1.29 is 33.3 Å². The predicted octanol–water partition coefficient (Wildman–Crippen LogP) is 7.88. The van der Waals surface area contributed by atoms with Gasteiger partial charge in [0.15, 0.2) is 0 Å². The number of ether oxygens (including phenoxy) is 5. The molecule has 12 atom stereocenters. The fraction of sp³-hybridized carbons (Fsp3) is 0.925. The predicted molar refractivity (Wildman–Crippen MR) is 186 cm³/mol. The van der Waals surface area contributed by atoms with Crippen LogP contribution in [-0.4, -0.2) is 76.0 Å². The van der Waals surface area contributed by atoms with Gasteiger partial charge in [-0.15, -0.1) is 0 Å². The highest BCUT2D eigenvalue weighted by molar-refractivity contribution is 5.72. The van der Waals surface area contributed by atoms with E-state index in [4.69, 9.17) is 28.7 Å². The molecule has 5 fully saturated rings. The van der Waals surface area contributed by atoms with Crippen molar-refractivity contribution in [3.63, 3.8) is 0 Å². The molecule has 0 amide bonds. The van der Waals surface area contributed by atoms with E-state index in [0.717, 1.165) is 38.5 Å². The van der Waals surface area contributed by atoms with Crippen molar-refractivity contribution >= 4 is 18.2 Å². The highest BCUT2D eigenvalue weighted by atomic mass is 16.6. The van der Waals surface area contributed by atoms with Gasteiger partial charge >= 0.3 is 11.9 Å². The van der Waals surface area contributed by atoms with E-state index in [1.807, 2.05) is 7.11 Å². The number of rotatable bonds is 20. The minimum atomic E-state index is -0.780. The summed E-state index contributed by atoms with van der Waals surface area (Å²) in [5, 5.41) is 0. The first-order chi connectivity index (χ1) is 23.3. The van der Waals surface area contributed by atoms with Gasteiger partial charge in [0.2, 0.25) is 0 Å². The number of aliphatic imine (C=N–C) groups is 1. The van der Waals surface area contributed by atoms with Gasteiger partial charge in [-0.3, -0.25) is 14.6 Å². The highest BCUT2D eigenvalue weighted by Crippen LogP contribution is 2.79. The number of fused-ring (bicyclic) bond motifs is 2. The summed E-state index contributed by atoms with van der Waals surface area (Å²) in [6.45, 7) is 4.42. The SMILES string of the molecule is CCCCCCCCCCCCCCCC(=O)O[C@]12C[C@H](OC)[C@H]3C[C@H]([C@@H]1[C@H]3OC(C)=O)[C@@]13[C@@H](OC)CC[C@@]4(COC)C=N[C@@H]1[C@@H]2C[C@H]43. The lowest BCUT2D eigenvalue weighted by Gasteiger charge is -2.64. The maximum Gasteiger partial charge on any atom is 0.306 e. The number of hydrogen-bond acceptors (Lipinski definition) is 8. The molecule has 272 valence electrons. The van der Waals surface area contributed by atoms with Crippen LogP contribution >= 0.6 is 0 Å². The Labute approximate surface area is 290 Å². The molecule has 0 aromatic rings. The van der Waals surface area contributed by atoms with E-state index in [-0.39, 0.29) is 70.8 Å². The summed E-state index contributed by atoms with van der Waals surface area (Å²) in [5.74, 6) is 0.104. The van der Waals surface area contributed by atoms with E-state index >= 15 is 0 Å². The van der Waals surface area contributed by atoms with Crippen LogP contribution < -0.4 is 0 Å². The Morgan fingerprint density at radius 3 is 2.12 bits per heavy atom. The van der Waals surface area contributed by atoms with Crippen LogP contribution in [0.4, 0.5) is 0 Å². The molecule has 8 heteroatoms. The molecular formula is C40H65NO7. The van der Waals surface area contributed by atoms with Crippen LogP contribution in [0.1, 0.15) is 136 Å². The molecule has 0 aromatic carbocycles. The van der Waals surface area contributed by atoms with Gasteiger partial charge in [-0.25, -0.2) is 0 Å². The van der Waals surface area contributed by atoms with Gasteiger partial charge in [0.25, 0.3) is 0 Å². The van der Waals surface area contributed by atoms with Crippen LogP contribution in [0.2, 0.25) is 0 Å². The first kappa shape index (κ1) is 36.3. The van der Waals surface area contributed by atoms with Crippen LogP contribution in [0, 0.1) is 40.4 Å². The summed E-state index contributed by atoms with van der Waals surface area (Å²) in [6.07, 6.45) is 23.1. The number of nitrogens with zero attached hydrogens (tertiary/aromatic N) is 1. The standard InChI is InChI=1S/C40H65NO7/c1-6-7-8-9-10-11-12-13-14-15-16-17-18-19-34(43)48-39-24-31(45-4)28-22-29(35(39)36(28)47-27(2)42)40-32-23-30(39)37(40)41-25-38(32,26-44-3)21-20-33(40)46-5/h25,28-33,35-37H,6-24,26H2,1-5H3/t28-,29-,30+,31+,32-,33+,35-,36+,37-,38+,39+,40-/m1/s1. The Balaban J connectivity index is 1.15. The zero-order valence-corrected chi connectivity index (χ0v) is 30.7. The minimum absolute atomic E-state index is 0.00968. The van der Waals surface area contributed by atoms with E-state index in [1.54, 1.807) is 14.2 Å². The third-order valence-corrected chi connectivity index (χ3v) is 14.3. The maximum absolute atomic E-state index is 13.9. The quantitative estimate of drug-likeness (QED) is 0.0960. The van der Waals surface area contributed by atoms with E-state index in [2.05, 4.69) is 13.1 Å². The summed E-state index contributed by atoms with van der Waals surface area (Å²) in [5.41, 5.74) is -1.13. The van der Waals surface area contributed by atoms with Gasteiger partial charge in [0.05, 0.1) is 24.9 Å². The second-order valence-corrected chi connectivity index (χ2v) is 16.6. The van der Waals surface area contributed by atoms with Gasteiger partial charge in [-0.05, 0) is 43.9 Å². The molecule has 8 nitrogen and oxygen atoms in total. The zero-order chi connectivity index (χ0) is 33.9. The van der Waals surface area contributed by atoms with Crippen molar-refractivity contribution in [1.82, 2.24) is 0 Å². The number of carbonyl (C=O) groups excluding carboxylic acids is 2. The van der Waals surface area contributed by atoms with Crippen LogP contribution in [0.3, 0.4) is 0 Å². The molecule has 0 saturated heterocycles. The van der Waals surface area contributed by atoms with E-state index < -0.39 is 5.60 Å². The molecule has 5 saturated carbocycles. The van der Waals surface area contributed by atoms with Crippen LogP contribution in [0.25, 0.3) is 0 Å². The third-order valence-electron chi connectivity index (χ3n) is 14.3. The molecule has 1 heterocycles. The van der Waals surface area contributed by atoms with Gasteiger partial charge in [-0.2, -0.15) is 0 Å². The molecule has 1 spiro atoms. The molecule has 0 radical (unpaired) electrons. The largest absolute Gasteiger partial charge is 0.462 e. The first-order valence-electron chi connectivity index (χ1n) is 19.8. The van der Waals surface area contributed by atoms with Crippen molar-refractivity contribution in [3.8, 4) is 0 Å². The first-order valence-corrected chi connectivity index (χ1v) is 19.8. The van der Waals surface area contributed by atoms with Crippen LogP contribution in [0.5, 0.6) is 0 Å². The van der Waals surface area contributed by atoms with Gasteiger partial charge in [0.1, 0.15) is 11.7 Å². The Kier molecular flexibility index (Phi) is 11.6. The minimum Gasteiger partial charge on any atom is -0.462 e. The molecule has 0 unspecified atom stereocenters. The Morgan fingerprint density at radius 1 is 0.854 bits per heavy atom. The third kappa shape index (κ3) is 6.10. The molecule has 6 rings (SSSR count). The Bertz CT molecular complexity index is 1140. The smallest absolute Gasteiger partial charge is 0.306 e. The summed E-state index contributed by atoms with van der Waals surface area (Å²) < 4.78 is 31.7. The molecule has 0 N–H and O–H groups in total. The summed E-state index contributed by atoms with van der Waals surface area (Å²) in [6, 6.07) is 0.00968. The number of carbonyl (C=O) groups is 2. The summed E-state index contributed by atoms with van der Waals surface area (Å²) >= 11 is 0. The highest BCUT2D eigenvalue weighted by Gasteiger charge is 2.84. The average Bonchev–Trinajstić information content (AvgIpc) is 3.48. The molecular weight excluding hydrogens is 606 g/mol. The summed E-state index contributed by atoms with van der Waals surface area (Å²) in [7, 11) is 5.41. The number of hydrogen-bond donors (Lipinski definition) is 0. The fourth-order valence-corrected chi connectivity index (χ4v) is 12.6. The molecule has 5 aliphatic carbocycles. The molecule has 0 aromatic heterocycles.